The molecule has 0 aliphatic carbocycles. The second-order valence-corrected chi connectivity index (χ2v) is 5.84. The molecule has 7 heteroatoms. The number of carbonyl (C=O) groups is 2. The van der Waals surface area contributed by atoms with E-state index < -0.39 is 6.10 Å². The maximum Gasteiger partial charge on any atom is 0.267 e. The van der Waals surface area contributed by atoms with Gasteiger partial charge in [0, 0.05) is 18.8 Å². The number of carbonyl (C=O) groups excluding carboxylic acids is 2. The molecule has 1 N–H and O–H groups in total. The zero-order valence-electron chi connectivity index (χ0n) is 14.6. The van der Waals surface area contributed by atoms with Crippen molar-refractivity contribution in [1.29, 1.82) is 0 Å². The van der Waals surface area contributed by atoms with Crippen LogP contribution in [0.4, 0.5) is 5.69 Å². The summed E-state index contributed by atoms with van der Waals surface area (Å²) in [6.45, 7) is 0.00917. The molecule has 1 aliphatic heterocycles. The summed E-state index contributed by atoms with van der Waals surface area (Å²) in [6, 6.07) is 14.2. The fraction of sp³-hybridized carbons (Fsp3) is 0.263. The summed E-state index contributed by atoms with van der Waals surface area (Å²) in [5.74, 6) is 1.13. The van der Waals surface area contributed by atoms with Crippen LogP contribution in [0.5, 0.6) is 17.2 Å². The van der Waals surface area contributed by atoms with Gasteiger partial charge in [-0.1, -0.05) is 18.2 Å². The number of benzene rings is 2. The molecule has 0 saturated heterocycles. The van der Waals surface area contributed by atoms with Crippen LogP contribution < -0.4 is 19.5 Å². The number of ether oxygens (including phenoxy) is 3. The highest BCUT2D eigenvalue weighted by molar-refractivity contribution is 5.95. The molecular weight excluding hydrogens is 336 g/mol. The first-order valence-corrected chi connectivity index (χ1v) is 8.14. The van der Waals surface area contributed by atoms with Gasteiger partial charge < -0.3 is 24.4 Å². The fourth-order valence-corrected chi connectivity index (χ4v) is 2.58. The van der Waals surface area contributed by atoms with Gasteiger partial charge in [-0.3, -0.25) is 9.59 Å². The molecule has 7 nitrogen and oxygen atoms in total. The normalized spacial score (nSPS) is 15.1. The van der Waals surface area contributed by atoms with Crippen LogP contribution in [0, 0.1) is 0 Å². The Morgan fingerprint density at radius 2 is 1.96 bits per heavy atom. The topological polar surface area (TPSA) is 77.1 Å². The molecule has 1 atom stereocenters. The average Bonchev–Trinajstić information content (AvgIpc) is 2.67. The fourth-order valence-electron chi connectivity index (χ4n) is 2.58. The van der Waals surface area contributed by atoms with Crippen LogP contribution in [0.1, 0.15) is 0 Å². The van der Waals surface area contributed by atoms with Gasteiger partial charge in [0.1, 0.15) is 12.4 Å². The molecule has 0 fully saturated rings. The zero-order valence-corrected chi connectivity index (χ0v) is 14.6. The number of hydrogen-bond acceptors (Lipinski definition) is 5. The van der Waals surface area contributed by atoms with Crippen molar-refractivity contribution in [2.24, 2.45) is 0 Å². The number of methoxy groups -OCH3 is 1. The predicted octanol–water partition coefficient (Wildman–Crippen LogP) is 1.93. The molecule has 0 unspecified atom stereocenters. The smallest absolute Gasteiger partial charge is 0.267 e. The van der Waals surface area contributed by atoms with E-state index in [0.29, 0.717) is 22.9 Å². The van der Waals surface area contributed by atoms with Crippen molar-refractivity contribution >= 4 is 17.5 Å². The number of likely N-dealkylation sites (N-methyl/N-ethyl adjacent to an activating group) is 1. The Morgan fingerprint density at radius 1 is 1.19 bits per heavy atom. The number of rotatable bonds is 5. The Morgan fingerprint density at radius 3 is 2.73 bits per heavy atom. The molecule has 136 valence electrons. The van der Waals surface area contributed by atoms with E-state index in [1.54, 1.807) is 56.6 Å². The number of nitrogens with zero attached hydrogens (tertiary/aromatic N) is 1. The van der Waals surface area contributed by atoms with Gasteiger partial charge in [-0.2, -0.15) is 0 Å². The summed E-state index contributed by atoms with van der Waals surface area (Å²) in [7, 11) is 3.11. The van der Waals surface area contributed by atoms with Gasteiger partial charge >= 0.3 is 0 Å². The molecule has 2 aromatic carbocycles. The van der Waals surface area contributed by atoms with Gasteiger partial charge in [0.25, 0.3) is 5.91 Å². The first kappa shape index (κ1) is 17.6. The molecule has 0 saturated carbocycles. The highest BCUT2D eigenvalue weighted by atomic mass is 16.6. The van der Waals surface area contributed by atoms with Crippen molar-refractivity contribution in [2.45, 2.75) is 6.10 Å². The monoisotopic (exact) mass is 356 g/mol. The van der Waals surface area contributed by atoms with Crippen LogP contribution >= 0.6 is 0 Å². The minimum Gasteiger partial charge on any atom is -0.497 e. The summed E-state index contributed by atoms with van der Waals surface area (Å²) in [6.07, 6.45) is -0.778. The largest absolute Gasteiger partial charge is 0.497 e. The van der Waals surface area contributed by atoms with Crippen molar-refractivity contribution in [3.63, 3.8) is 0 Å². The summed E-state index contributed by atoms with van der Waals surface area (Å²) >= 11 is 0. The summed E-state index contributed by atoms with van der Waals surface area (Å²) in [5, 5.41) is 2.74. The Hall–Kier alpha value is -3.22. The standard InChI is InChI=1S/C19H20N2O5/c1-21(11-18(22)20-13-6-5-7-14(10-13)24-2)19(23)17-12-25-15-8-3-4-9-16(15)26-17/h3-10,17H,11-12H2,1-2H3,(H,20,22)/t17-/m0/s1. The SMILES string of the molecule is COc1cccc(NC(=O)CN(C)C(=O)[C@@H]2COc3ccccc3O2)c1. The van der Waals surface area contributed by atoms with Crippen molar-refractivity contribution in [1.82, 2.24) is 4.90 Å². The lowest BCUT2D eigenvalue weighted by molar-refractivity contribution is -0.141. The maximum absolute atomic E-state index is 12.5. The number of fused-ring (bicyclic) bond motifs is 1. The van der Waals surface area contributed by atoms with E-state index in [2.05, 4.69) is 5.32 Å². The minimum absolute atomic E-state index is 0.0997. The molecule has 0 aromatic heterocycles. The lowest BCUT2D eigenvalue weighted by Crippen LogP contribution is -2.47. The van der Waals surface area contributed by atoms with E-state index in [1.807, 2.05) is 6.07 Å². The second-order valence-electron chi connectivity index (χ2n) is 5.84. The number of para-hydroxylation sites is 2. The lowest BCUT2D eigenvalue weighted by Gasteiger charge is -2.28. The van der Waals surface area contributed by atoms with Crippen molar-refractivity contribution in [3.8, 4) is 17.2 Å². The summed E-state index contributed by atoms with van der Waals surface area (Å²) < 4.78 is 16.3. The third-order valence-corrected chi connectivity index (χ3v) is 3.89. The van der Waals surface area contributed by atoms with E-state index in [4.69, 9.17) is 14.2 Å². The average molecular weight is 356 g/mol. The van der Waals surface area contributed by atoms with Crippen LogP contribution in [0.25, 0.3) is 0 Å². The number of hydrogen-bond donors (Lipinski definition) is 1. The third kappa shape index (κ3) is 4.05. The maximum atomic E-state index is 12.5. The van der Waals surface area contributed by atoms with Gasteiger partial charge in [-0.25, -0.2) is 0 Å². The van der Waals surface area contributed by atoms with Gasteiger partial charge in [0.15, 0.2) is 11.5 Å². The van der Waals surface area contributed by atoms with E-state index in [1.165, 1.54) is 4.90 Å². The number of amides is 2. The van der Waals surface area contributed by atoms with Crippen LogP contribution in [-0.4, -0.2) is 50.1 Å². The van der Waals surface area contributed by atoms with Crippen molar-refractivity contribution in [2.75, 3.05) is 32.6 Å². The molecule has 1 heterocycles. The predicted molar refractivity (Wildman–Crippen MR) is 95.6 cm³/mol. The van der Waals surface area contributed by atoms with Crippen molar-refractivity contribution in [3.05, 3.63) is 48.5 Å². The molecule has 3 rings (SSSR count). The lowest BCUT2D eigenvalue weighted by atomic mass is 10.2. The van der Waals surface area contributed by atoms with Crippen LogP contribution in [0.15, 0.2) is 48.5 Å². The molecule has 2 aromatic rings. The molecule has 0 radical (unpaired) electrons. The number of nitrogens with one attached hydrogen (secondary N) is 1. The Kier molecular flexibility index (Phi) is 5.26. The molecule has 26 heavy (non-hydrogen) atoms. The quantitative estimate of drug-likeness (QED) is 0.886. The van der Waals surface area contributed by atoms with Gasteiger partial charge in [0.05, 0.1) is 13.7 Å². The van der Waals surface area contributed by atoms with Crippen LogP contribution in [-0.2, 0) is 9.59 Å². The molecule has 0 spiro atoms. The first-order chi connectivity index (χ1) is 12.6. The third-order valence-electron chi connectivity index (χ3n) is 3.89. The van der Waals surface area contributed by atoms with E-state index >= 15 is 0 Å². The number of anilines is 1. The van der Waals surface area contributed by atoms with E-state index in [0.717, 1.165) is 0 Å². The minimum atomic E-state index is -0.778. The Labute approximate surface area is 151 Å². The summed E-state index contributed by atoms with van der Waals surface area (Å²) in [5.41, 5.74) is 0.598. The van der Waals surface area contributed by atoms with Gasteiger partial charge in [-0.05, 0) is 24.3 Å². The second kappa shape index (κ2) is 7.77. The van der Waals surface area contributed by atoms with Gasteiger partial charge in [0.2, 0.25) is 12.0 Å². The van der Waals surface area contributed by atoms with Gasteiger partial charge in [-0.15, -0.1) is 0 Å². The Bertz CT molecular complexity index is 808. The Balaban J connectivity index is 1.56. The highest BCUT2D eigenvalue weighted by Crippen LogP contribution is 2.31. The van der Waals surface area contributed by atoms with Crippen molar-refractivity contribution < 1.29 is 23.8 Å². The van der Waals surface area contributed by atoms with Crippen LogP contribution in [0.3, 0.4) is 0 Å². The van der Waals surface area contributed by atoms with E-state index in [9.17, 15) is 9.59 Å². The highest BCUT2D eigenvalue weighted by Gasteiger charge is 2.30. The zero-order chi connectivity index (χ0) is 18.5. The van der Waals surface area contributed by atoms with Crippen LogP contribution in [0.2, 0.25) is 0 Å². The van der Waals surface area contributed by atoms with E-state index in [-0.39, 0.29) is 25.0 Å². The summed E-state index contributed by atoms with van der Waals surface area (Å²) in [4.78, 5) is 26.0. The molecule has 1 aliphatic rings. The first-order valence-electron chi connectivity index (χ1n) is 8.14. The molecular formula is C19H20N2O5. The molecule has 0 bridgehead atoms. The molecule has 2 amide bonds.